The van der Waals surface area contributed by atoms with Crippen LogP contribution in [0.2, 0.25) is 0 Å². The highest BCUT2D eigenvalue weighted by molar-refractivity contribution is 5.01. The Morgan fingerprint density at radius 1 is 1.50 bits per heavy atom. The van der Waals surface area contributed by atoms with E-state index in [1.807, 2.05) is 13.8 Å². The van der Waals surface area contributed by atoms with Crippen molar-refractivity contribution in [2.45, 2.75) is 32.9 Å². The summed E-state index contributed by atoms with van der Waals surface area (Å²) in [6, 6.07) is 2.08. The van der Waals surface area contributed by atoms with Gasteiger partial charge in [0.25, 0.3) is 0 Å². The molecule has 1 N–H and O–H groups in total. The Bertz CT molecular complexity index is 312. The van der Waals surface area contributed by atoms with E-state index in [0.29, 0.717) is 6.54 Å². The lowest BCUT2D eigenvalue weighted by Gasteiger charge is -2.07. The third-order valence-corrected chi connectivity index (χ3v) is 1.93. The molecule has 0 aliphatic heterocycles. The van der Waals surface area contributed by atoms with Crippen LogP contribution in [0.15, 0.2) is 12.4 Å². The van der Waals surface area contributed by atoms with Crippen molar-refractivity contribution in [3.05, 3.63) is 23.8 Å². The van der Waals surface area contributed by atoms with Crippen LogP contribution < -0.4 is 5.32 Å². The van der Waals surface area contributed by atoms with Crippen molar-refractivity contribution in [2.24, 2.45) is 0 Å². The molecule has 1 aromatic rings. The molecule has 1 unspecified atom stereocenters. The predicted molar refractivity (Wildman–Crippen MR) is 53.3 cm³/mol. The maximum Gasteiger partial charge on any atom is 0.0953 e. The predicted octanol–water partition coefficient (Wildman–Crippen LogP) is 1.18. The average molecular weight is 190 g/mol. The number of nitrogens with zero attached hydrogens (tertiary/aromatic N) is 3. The van der Waals surface area contributed by atoms with Gasteiger partial charge in [0.1, 0.15) is 0 Å². The molecule has 0 aliphatic carbocycles. The molecule has 0 spiro atoms. The van der Waals surface area contributed by atoms with E-state index >= 15 is 0 Å². The summed E-state index contributed by atoms with van der Waals surface area (Å²) in [6.07, 6.45) is 4.26. The fraction of sp³-hybridized carbons (Fsp3) is 0.500. The minimum Gasteiger partial charge on any atom is -0.296 e. The van der Waals surface area contributed by atoms with Gasteiger partial charge >= 0.3 is 0 Å². The summed E-state index contributed by atoms with van der Waals surface area (Å²) >= 11 is 0. The molecule has 0 aliphatic rings. The summed E-state index contributed by atoms with van der Waals surface area (Å²) in [7, 11) is 0. The largest absolute Gasteiger partial charge is 0.296 e. The zero-order valence-electron chi connectivity index (χ0n) is 8.49. The van der Waals surface area contributed by atoms with Gasteiger partial charge in [-0.15, -0.1) is 0 Å². The molecule has 4 nitrogen and oxygen atoms in total. The van der Waals surface area contributed by atoms with Crippen molar-refractivity contribution in [3.63, 3.8) is 0 Å². The van der Waals surface area contributed by atoms with Crippen LogP contribution in [-0.4, -0.2) is 16.0 Å². The van der Waals surface area contributed by atoms with E-state index in [2.05, 4.69) is 21.4 Å². The van der Waals surface area contributed by atoms with Crippen LogP contribution in [0.1, 0.15) is 24.7 Å². The molecule has 0 bridgehead atoms. The summed E-state index contributed by atoms with van der Waals surface area (Å²) in [5.74, 6) is 0. The van der Waals surface area contributed by atoms with Crippen molar-refractivity contribution in [1.29, 1.82) is 5.26 Å². The number of nitrogens with one attached hydrogen (secondary N) is 1. The maximum atomic E-state index is 8.70. The highest BCUT2D eigenvalue weighted by atomic mass is 14.9. The third-order valence-electron chi connectivity index (χ3n) is 1.93. The molecule has 14 heavy (non-hydrogen) atoms. The molecule has 1 atom stereocenters. The van der Waals surface area contributed by atoms with Gasteiger partial charge in [0.15, 0.2) is 0 Å². The summed E-state index contributed by atoms with van der Waals surface area (Å²) in [6.45, 7) is 4.47. The topological polar surface area (TPSA) is 61.6 Å². The zero-order chi connectivity index (χ0) is 10.4. The van der Waals surface area contributed by atoms with Crippen LogP contribution in [0.5, 0.6) is 0 Å². The molecular weight excluding hydrogens is 176 g/mol. The van der Waals surface area contributed by atoms with E-state index in [0.717, 1.165) is 17.8 Å². The fourth-order valence-electron chi connectivity index (χ4n) is 1.02. The Hall–Kier alpha value is -1.47. The van der Waals surface area contributed by atoms with Crippen molar-refractivity contribution >= 4 is 0 Å². The number of rotatable bonds is 4. The standard InChI is InChI=1S/C10H14N4/c1-3-9(4-11)14-7-10-6-12-8(2)5-13-10/h5-6,9,14H,3,7H2,1-2H3. The third kappa shape index (κ3) is 3.11. The molecule has 0 saturated carbocycles. The SMILES string of the molecule is CCC(C#N)NCc1cnc(C)cn1. The maximum absolute atomic E-state index is 8.70. The number of hydrogen-bond acceptors (Lipinski definition) is 4. The van der Waals surface area contributed by atoms with Gasteiger partial charge in [0.05, 0.1) is 23.5 Å². The first-order chi connectivity index (χ1) is 6.76. The van der Waals surface area contributed by atoms with Crippen molar-refractivity contribution < 1.29 is 0 Å². The van der Waals surface area contributed by atoms with Crippen molar-refractivity contribution in [2.75, 3.05) is 0 Å². The number of hydrogen-bond donors (Lipinski definition) is 1. The minimum absolute atomic E-state index is 0.0990. The fourth-order valence-corrected chi connectivity index (χ4v) is 1.02. The Balaban J connectivity index is 2.46. The lowest BCUT2D eigenvalue weighted by Crippen LogP contribution is -2.26. The first-order valence-corrected chi connectivity index (χ1v) is 4.66. The van der Waals surface area contributed by atoms with Gasteiger partial charge in [-0.05, 0) is 13.3 Å². The number of nitriles is 1. The van der Waals surface area contributed by atoms with Gasteiger partial charge in [-0.2, -0.15) is 5.26 Å². The van der Waals surface area contributed by atoms with Gasteiger partial charge < -0.3 is 0 Å². The summed E-state index contributed by atoms with van der Waals surface area (Å²) in [5.41, 5.74) is 1.77. The van der Waals surface area contributed by atoms with Gasteiger partial charge in [-0.1, -0.05) is 6.92 Å². The zero-order valence-corrected chi connectivity index (χ0v) is 8.49. The summed E-state index contributed by atoms with van der Waals surface area (Å²) in [5, 5.41) is 11.8. The normalized spacial score (nSPS) is 12.1. The number of aryl methyl sites for hydroxylation is 1. The van der Waals surface area contributed by atoms with Gasteiger partial charge in [0.2, 0.25) is 0 Å². The Morgan fingerprint density at radius 3 is 2.79 bits per heavy atom. The lowest BCUT2D eigenvalue weighted by molar-refractivity contribution is 0.579. The highest BCUT2D eigenvalue weighted by Crippen LogP contribution is 1.95. The van der Waals surface area contributed by atoms with Gasteiger partial charge in [0, 0.05) is 18.9 Å². The Kier molecular flexibility index (Phi) is 4.02. The van der Waals surface area contributed by atoms with Crippen LogP contribution in [0.3, 0.4) is 0 Å². The molecule has 0 fully saturated rings. The molecule has 0 aromatic carbocycles. The molecule has 0 saturated heterocycles. The first-order valence-electron chi connectivity index (χ1n) is 4.66. The van der Waals surface area contributed by atoms with Gasteiger partial charge in [-0.3, -0.25) is 15.3 Å². The molecule has 0 radical (unpaired) electrons. The van der Waals surface area contributed by atoms with E-state index in [1.54, 1.807) is 12.4 Å². The second-order valence-corrected chi connectivity index (χ2v) is 3.12. The molecule has 0 amide bonds. The van der Waals surface area contributed by atoms with Gasteiger partial charge in [-0.25, -0.2) is 0 Å². The average Bonchev–Trinajstić information content (AvgIpc) is 2.22. The second-order valence-electron chi connectivity index (χ2n) is 3.12. The van der Waals surface area contributed by atoms with Crippen LogP contribution >= 0.6 is 0 Å². The highest BCUT2D eigenvalue weighted by Gasteiger charge is 2.03. The minimum atomic E-state index is -0.0990. The molecule has 74 valence electrons. The molecule has 1 rings (SSSR count). The Labute approximate surface area is 84.0 Å². The summed E-state index contributed by atoms with van der Waals surface area (Å²) in [4.78, 5) is 8.31. The van der Waals surface area contributed by atoms with E-state index in [9.17, 15) is 0 Å². The molecular formula is C10H14N4. The smallest absolute Gasteiger partial charge is 0.0953 e. The summed E-state index contributed by atoms with van der Waals surface area (Å²) < 4.78 is 0. The van der Waals surface area contributed by atoms with Crippen molar-refractivity contribution in [3.8, 4) is 6.07 Å². The monoisotopic (exact) mass is 190 g/mol. The lowest BCUT2D eigenvalue weighted by atomic mass is 10.2. The van der Waals surface area contributed by atoms with E-state index < -0.39 is 0 Å². The van der Waals surface area contributed by atoms with E-state index in [4.69, 9.17) is 5.26 Å². The second kappa shape index (κ2) is 5.30. The Morgan fingerprint density at radius 2 is 2.29 bits per heavy atom. The van der Waals surface area contributed by atoms with Crippen LogP contribution in [0, 0.1) is 18.3 Å². The van der Waals surface area contributed by atoms with Crippen molar-refractivity contribution in [1.82, 2.24) is 15.3 Å². The quantitative estimate of drug-likeness (QED) is 0.774. The van der Waals surface area contributed by atoms with Crippen LogP contribution in [0.25, 0.3) is 0 Å². The molecule has 1 heterocycles. The van der Waals surface area contributed by atoms with E-state index in [-0.39, 0.29) is 6.04 Å². The molecule has 4 heteroatoms. The number of aromatic nitrogens is 2. The van der Waals surface area contributed by atoms with Crippen LogP contribution in [-0.2, 0) is 6.54 Å². The van der Waals surface area contributed by atoms with Crippen LogP contribution in [0.4, 0.5) is 0 Å². The first kappa shape index (κ1) is 10.6. The molecule has 1 aromatic heterocycles. The van der Waals surface area contributed by atoms with E-state index in [1.165, 1.54) is 0 Å².